The van der Waals surface area contributed by atoms with Crippen LogP contribution in [0.2, 0.25) is 0 Å². The van der Waals surface area contributed by atoms with Crippen LogP contribution in [0.3, 0.4) is 0 Å². The summed E-state index contributed by atoms with van der Waals surface area (Å²) >= 11 is 0. The van der Waals surface area contributed by atoms with E-state index in [-0.39, 0.29) is 12.5 Å². The Morgan fingerprint density at radius 1 is 0.909 bits per heavy atom. The molecule has 0 radical (unpaired) electrons. The van der Waals surface area contributed by atoms with Crippen molar-refractivity contribution in [1.29, 1.82) is 0 Å². The largest absolute Gasteiger partial charge is 0.468 e. The fourth-order valence-electron chi connectivity index (χ4n) is 2.25. The highest BCUT2D eigenvalue weighted by atomic mass is 16.5. The molecule has 3 aromatic rings. The molecule has 0 amide bonds. The Morgan fingerprint density at radius 2 is 1.36 bits per heavy atom. The van der Waals surface area contributed by atoms with E-state index in [9.17, 15) is 4.79 Å². The van der Waals surface area contributed by atoms with E-state index in [1.165, 1.54) is 7.11 Å². The first-order chi connectivity index (χ1) is 10.8. The van der Waals surface area contributed by atoms with Crippen LogP contribution in [0.5, 0.6) is 0 Å². The molecule has 0 bridgehead atoms. The third-order valence-corrected chi connectivity index (χ3v) is 3.33. The smallest absolute Gasteiger partial charge is 0.325 e. The van der Waals surface area contributed by atoms with Crippen LogP contribution in [0.15, 0.2) is 60.7 Å². The van der Waals surface area contributed by atoms with E-state index in [1.54, 1.807) is 4.57 Å². The van der Waals surface area contributed by atoms with Crippen LogP contribution < -0.4 is 0 Å². The van der Waals surface area contributed by atoms with Gasteiger partial charge in [0.2, 0.25) is 0 Å². The SMILES string of the molecule is COC(=O)Cn1c(-c2ccccc2)nnc1-c1ccccc1. The molecule has 5 nitrogen and oxygen atoms in total. The van der Waals surface area contributed by atoms with Gasteiger partial charge in [0.05, 0.1) is 7.11 Å². The molecule has 0 aliphatic rings. The van der Waals surface area contributed by atoms with E-state index in [4.69, 9.17) is 4.74 Å². The third-order valence-electron chi connectivity index (χ3n) is 3.33. The molecule has 0 atom stereocenters. The first-order valence-corrected chi connectivity index (χ1v) is 6.90. The first kappa shape index (κ1) is 14.0. The topological polar surface area (TPSA) is 57.0 Å². The van der Waals surface area contributed by atoms with Crippen LogP contribution in [0.25, 0.3) is 22.8 Å². The second-order valence-corrected chi connectivity index (χ2v) is 4.74. The average molecular weight is 293 g/mol. The van der Waals surface area contributed by atoms with Gasteiger partial charge in [0.1, 0.15) is 6.54 Å². The monoisotopic (exact) mass is 293 g/mol. The molecule has 0 fully saturated rings. The van der Waals surface area contributed by atoms with Crippen molar-refractivity contribution in [3.05, 3.63) is 60.7 Å². The summed E-state index contributed by atoms with van der Waals surface area (Å²) in [6.07, 6.45) is 0. The van der Waals surface area contributed by atoms with Gasteiger partial charge in [-0.2, -0.15) is 0 Å². The number of esters is 1. The van der Waals surface area contributed by atoms with Gasteiger partial charge in [-0.15, -0.1) is 10.2 Å². The van der Waals surface area contributed by atoms with Gasteiger partial charge in [0.15, 0.2) is 11.6 Å². The summed E-state index contributed by atoms with van der Waals surface area (Å²) in [5.74, 6) is 0.948. The quantitative estimate of drug-likeness (QED) is 0.694. The molecule has 2 aromatic carbocycles. The molecule has 0 aliphatic heterocycles. The number of carbonyl (C=O) groups excluding carboxylic acids is 1. The minimum atomic E-state index is -0.339. The van der Waals surface area contributed by atoms with Gasteiger partial charge in [-0.25, -0.2) is 0 Å². The number of hydrogen-bond donors (Lipinski definition) is 0. The fourth-order valence-corrected chi connectivity index (χ4v) is 2.25. The molecule has 22 heavy (non-hydrogen) atoms. The molecule has 0 N–H and O–H groups in total. The van der Waals surface area contributed by atoms with E-state index in [0.29, 0.717) is 11.6 Å². The lowest BCUT2D eigenvalue weighted by atomic mass is 10.2. The van der Waals surface area contributed by atoms with Crippen molar-refractivity contribution in [3.63, 3.8) is 0 Å². The van der Waals surface area contributed by atoms with E-state index in [2.05, 4.69) is 10.2 Å². The molecule has 0 spiro atoms. The van der Waals surface area contributed by atoms with Gasteiger partial charge in [-0.1, -0.05) is 60.7 Å². The van der Waals surface area contributed by atoms with Crippen LogP contribution in [0, 0.1) is 0 Å². The van der Waals surface area contributed by atoms with E-state index in [0.717, 1.165) is 11.1 Å². The number of rotatable bonds is 4. The average Bonchev–Trinajstić information content (AvgIpc) is 3.00. The summed E-state index contributed by atoms with van der Waals surface area (Å²) in [7, 11) is 1.37. The molecular formula is C17H15N3O2. The standard InChI is InChI=1S/C17H15N3O2/c1-22-15(21)12-20-16(13-8-4-2-5-9-13)18-19-17(20)14-10-6-3-7-11-14/h2-11H,12H2,1H3. The number of hydrogen-bond acceptors (Lipinski definition) is 4. The van der Waals surface area contributed by atoms with Crippen LogP contribution in [-0.2, 0) is 16.1 Å². The van der Waals surface area contributed by atoms with E-state index in [1.807, 2.05) is 60.7 Å². The van der Waals surface area contributed by atoms with Crippen LogP contribution in [-0.4, -0.2) is 27.8 Å². The molecule has 0 aliphatic carbocycles. The van der Waals surface area contributed by atoms with Crippen molar-refractivity contribution in [2.75, 3.05) is 7.11 Å². The Kier molecular flexibility index (Phi) is 3.96. The van der Waals surface area contributed by atoms with Gasteiger partial charge in [-0.05, 0) is 0 Å². The van der Waals surface area contributed by atoms with Gasteiger partial charge in [0.25, 0.3) is 0 Å². The molecule has 1 aromatic heterocycles. The Balaban J connectivity index is 2.12. The molecule has 0 saturated heterocycles. The highest BCUT2D eigenvalue weighted by molar-refractivity contribution is 5.72. The molecule has 0 unspecified atom stereocenters. The fraction of sp³-hybridized carbons (Fsp3) is 0.118. The number of nitrogens with zero attached hydrogens (tertiary/aromatic N) is 3. The van der Waals surface area contributed by atoms with Crippen LogP contribution in [0.4, 0.5) is 0 Å². The zero-order valence-electron chi connectivity index (χ0n) is 12.1. The highest BCUT2D eigenvalue weighted by Crippen LogP contribution is 2.24. The lowest BCUT2D eigenvalue weighted by Crippen LogP contribution is -2.13. The Bertz CT molecular complexity index is 710. The molecule has 1 heterocycles. The molecule has 3 rings (SSSR count). The Labute approximate surface area is 128 Å². The number of aromatic nitrogens is 3. The van der Waals surface area contributed by atoms with Crippen LogP contribution >= 0.6 is 0 Å². The van der Waals surface area contributed by atoms with Crippen molar-refractivity contribution in [3.8, 4) is 22.8 Å². The third kappa shape index (κ3) is 2.74. The van der Waals surface area contributed by atoms with Gasteiger partial charge >= 0.3 is 5.97 Å². The summed E-state index contributed by atoms with van der Waals surface area (Å²) < 4.78 is 6.56. The summed E-state index contributed by atoms with van der Waals surface area (Å²) in [4.78, 5) is 11.7. The Morgan fingerprint density at radius 3 is 1.77 bits per heavy atom. The van der Waals surface area contributed by atoms with E-state index >= 15 is 0 Å². The van der Waals surface area contributed by atoms with Crippen LogP contribution in [0.1, 0.15) is 0 Å². The molecule has 5 heteroatoms. The van der Waals surface area contributed by atoms with Gasteiger partial charge in [0, 0.05) is 11.1 Å². The highest BCUT2D eigenvalue weighted by Gasteiger charge is 2.17. The minimum Gasteiger partial charge on any atom is -0.468 e. The maximum Gasteiger partial charge on any atom is 0.325 e. The van der Waals surface area contributed by atoms with Crippen molar-refractivity contribution in [2.45, 2.75) is 6.54 Å². The maximum atomic E-state index is 11.7. The predicted molar refractivity (Wildman–Crippen MR) is 82.9 cm³/mol. The van der Waals surface area contributed by atoms with Crippen molar-refractivity contribution >= 4 is 5.97 Å². The number of benzene rings is 2. The van der Waals surface area contributed by atoms with Crippen molar-refractivity contribution < 1.29 is 9.53 Å². The predicted octanol–water partition coefficient (Wildman–Crippen LogP) is 2.79. The lowest BCUT2D eigenvalue weighted by Gasteiger charge is -2.09. The molecule has 110 valence electrons. The summed E-state index contributed by atoms with van der Waals surface area (Å²) in [5.41, 5.74) is 1.81. The number of methoxy groups -OCH3 is 1. The second kappa shape index (κ2) is 6.22. The summed E-state index contributed by atoms with van der Waals surface area (Å²) in [6, 6.07) is 19.3. The lowest BCUT2D eigenvalue weighted by molar-refractivity contribution is -0.141. The maximum absolute atomic E-state index is 11.7. The van der Waals surface area contributed by atoms with Crippen molar-refractivity contribution in [2.24, 2.45) is 0 Å². The van der Waals surface area contributed by atoms with E-state index < -0.39 is 0 Å². The molecule has 0 saturated carbocycles. The zero-order chi connectivity index (χ0) is 15.4. The molecular weight excluding hydrogens is 278 g/mol. The number of carbonyl (C=O) groups is 1. The number of ether oxygens (including phenoxy) is 1. The van der Waals surface area contributed by atoms with Gasteiger partial charge < -0.3 is 4.74 Å². The second-order valence-electron chi connectivity index (χ2n) is 4.74. The summed E-state index contributed by atoms with van der Waals surface area (Å²) in [5, 5.41) is 8.51. The normalized spacial score (nSPS) is 10.4. The summed E-state index contributed by atoms with van der Waals surface area (Å²) in [6.45, 7) is 0.0674. The minimum absolute atomic E-state index is 0.0674. The Hall–Kier alpha value is -2.95. The zero-order valence-corrected chi connectivity index (χ0v) is 12.1. The van der Waals surface area contributed by atoms with Crippen molar-refractivity contribution in [1.82, 2.24) is 14.8 Å². The van der Waals surface area contributed by atoms with Gasteiger partial charge in [-0.3, -0.25) is 9.36 Å². The first-order valence-electron chi connectivity index (χ1n) is 6.90.